The van der Waals surface area contributed by atoms with Crippen LogP contribution >= 0.6 is 0 Å². The van der Waals surface area contributed by atoms with Crippen LogP contribution in [0.25, 0.3) is 0 Å². The maximum Gasteiger partial charge on any atom is 0.218 e. The number of para-hydroxylation sites is 1. The van der Waals surface area contributed by atoms with Crippen LogP contribution in [0, 0.1) is 0 Å². The van der Waals surface area contributed by atoms with Crippen LogP contribution in [0.4, 0.5) is 5.69 Å². The molecule has 3 rings (SSSR count). The van der Waals surface area contributed by atoms with Gasteiger partial charge in [0.05, 0.1) is 5.75 Å². The molecule has 0 saturated carbocycles. The largest absolute Gasteiger partial charge is 0.398 e. The minimum Gasteiger partial charge on any atom is -0.398 e. The van der Waals surface area contributed by atoms with E-state index in [0.717, 1.165) is 12.0 Å². The van der Waals surface area contributed by atoms with E-state index in [9.17, 15) is 8.42 Å². The minimum atomic E-state index is -3.35. The van der Waals surface area contributed by atoms with Crippen molar-refractivity contribution in [2.75, 3.05) is 12.3 Å². The molecule has 1 aliphatic heterocycles. The smallest absolute Gasteiger partial charge is 0.218 e. The van der Waals surface area contributed by atoms with E-state index < -0.39 is 10.0 Å². The van der Waals surface area contributed by atoms with E-state index in [1.807, 2.05) is 30.3 Å². The lowest BCUT2D eigenvalue weighted by molar-refractivity contribution is 0.391. The second-order valence-corrected chi connectivity index (χ2v) is 7.28. The Morgan fingerprint density at radius 3 is 2.43 bits per heavy atom. The topological polar surface area (TPSA) is 63.4 Å². The van der Waals surface area contributed by atoms with E-state index in [2.05, 4.69) is 6.07 Å². The highest BCUT2D eigenvalue weighted by Crippen LogP contribution is 2.24. The third-order valence-electron chi connectivity index (χ3n) is 3.88. The molecule has 1 heterocycles. The van der Waals surface area contributed by atoms with E-state index in [4.69, 9.17) is 5.73 Å². The Kier molecular flexibility index (Phi) is 3.69. The van der Waals surface area contributed by atoms with Crippen molar-refractivity contribution in [1.29, 1.82) is 0 Å². The first-order valence-electron chi connectivity index (χ1n) is 6.94. The number of rotatable bonds is 3. The third-order valence-corrected chi connectivity index (χ3v) is 5.66. The van der Waals surface area contributed by atoms with Crippen LogP contribution in [-0.4, -0.2) is 19.3 Å². The first-order chi connectivity index (χ1) is 10.1. The van der Waals surface area contributed by atoms with Gasteiger partial charge in [0, 0.05) is 18.8 Å². The van der Waals surface area contributed by atoms with Gasteiger partial charge in [-0.15, -0.1) is 0 Å². The van der Waals surface area contributed by atoms with Crippen LogP contribution in [-0.2, 0) is 28.7 Å². The van der Waals surface area contributed by atoms with Crippen molar-refractivity contribution in [1.82, 2.24) is 4.31 Å². The molecule has 0 saturated heterocycles. The zero-order chi connectivity index (χ0) is 14.9. The van der Waals surface area contributed by atoms with Crippen molar-refractivity contribution < 1.29 is 8.42 Å². The summed E-state index contributed by atoms with van der Waals surface area (Å²) in [6.07, 6.45) is 0.764. The standard InChI is InChI=1S/C16H18N2O2S/c17-16-8-4-3-7-15(16)12-21(19,20)18-10-9-13-5-1-2-6-14(13)11-18/h1-8H,9-12,17H2. The van der Waals surface area contributed by atoms with Crippen molar-refractivity contribution in [3.8, 4) is 0 Å². The summed E-state index contributed by atoms with van der Waals surface area (Å²) in [5.74, 6) is -0.0398. The fraction of sp³-hybridized carbons (Fsp3) is 0.250. The summed E-state index contributed by atoms with van der Waals surface area (Å²) in [7, 11) is -3.35. The lowest BCUT2D eigenvalue weighted by atomic mass is 10.0. The van der Waals surface area contributed by atoms with E-state index in [1.54, 1.807) is 16.4 Å². The predicted molar refractivity (Wildman–Crippen MR) is 84.0 cm³/mol. The predicted octanol–water partition coefficient (Wildman–Crippen LogP) is 2.16. The SMILES string of the molecule is Nc1ccccc1CS(=O)(=O)N1CCc2ccccc2C1. The van der Waals surface area contributed by atoms with E-state index in [1.165, 1.54) is 5.56 Å². The molecule has 0 radical (unpaired) electrons. The molecule has 0 fully saturated rings. The highest BCUT2D eigenvalue weighted by atomic mass is 32.2. The van der Waals surface area contributed by atoms with E-state index in [0.29, 0.717) is 24.3 Å². The summed E-state index contributed by atoms with van der Waals surface area (Å²) < 4.78 is 26.7. The van der Waals surface area contributed by atoms with Gasteiger partial charge in [-0.2, -0.15) is 4.31 Å². The molecule has 21 heavy (non-hydrogen) atoms. The summed E-state index contributed by atoms with van der Waals surface area (Å²) in [5.41, 5.74) is 9.37. The molecule has 5 heteroatoms. The summed E-state index contributed by atoms with van der Waals surface area (Å²) >= 11 is 0. The molecular weight excluding hydrogens is 284 g/mol. The number of hydrogen-bond acceptors (Lipinski definition) is 3. The normalized spacial score (nSPS) is 15.6. The second-order valence-electron chi connectivity index (χ2n) is 5.31. The van der Waals surface area contributed by atoms with Crippen LogP contribution < -0.4 is 5.73 Å². The van der Waals surface area contributed by atoms with Crippen molar-refractivity contribution in [3.05, 3.63) is 65.2 Å². The first-order valence-corrected chi connectivity index (χ1v) is 8.55. The molecule has 0 unspecified atom stereocenters. The van der Waals surface area contributed by atoms with Crippen molar-refractivity contribution in [3.63, 3.8) is 0 Å². The highest BCUT2D eigenvalue weighted by Gasteiger charge is 2.27. The van der Waals surface area contributed by atoms with Crippen LogP contribution in [0.3, 0.4) is 0 Å². The van der Waals surface area contributed by atoms with Crippen LogP contribution in [0.5, 0.6) is 0 Å². The molecule has 0 bridgehead atoms. The Labute approximate surface area is 125 Å². The Balaban J connectivity index is 1.82. The first kappa shape index (κ1) is 14.1. The molecule has 1 aliphatic rings. The lowest BCUT2D eigenvalue weighted by Gasteiger charge is -2.28. The zero-order valence-electron chi connectivity index (χ0n) is 11.7. The van der Waals surface area contributed by atoms with Gasteiger partial charge in [-0.05, 0) is 29.2 Å². The van der Waals surface area contributed by atoms with Crippen LogP contribution in [0.1, 0.15) is 16.7 Å². The Bertz CT molecular complexity index is 756. The molecule has 4 nitrogen and oxygen atoms in total. The fourth-order valence-electron chi connectivity index (χ4n) is 2.66. The average Bonchev–Trinajstić information content (AvgIpc) is 2.49. The molecule has 0 atom stereocenters. The number of nitrogen functional groups attached to an aromatic ring is 1. The number of anilines is 1. The molecule has 0 aromatic heterocycles. The van der Waals surface area contributed by atoms with E-state index >= 15 is 0 Å². The number of sulfonamides is 1. The van der Waals surface area contributed by atoms with Gasteiger partial charge in [-0.1, -0.05) is 42.5 Å². The Hall–Kier alpha value is -1.85. The quantitative estimate of drug-likeness (QED) is 0.884. The molecular formula is C16H18N2O2S. The van der Waals surface area contributed by atoms with E-state index in [-0.39, 0.29) is 5.75 Å². The van der Waals surface area contributed by atoms with Gasteiger partial charge in [0.15, 0.2) is 0 Å². The molecule has 0 amide bonds. The lowest BCUT2D eigenvalue weighted by Crippen LogP contribution is -2.36. The number of nitrogens with zero attached hydrogens (tertiary/aromatic N) is 1. The van der Waals surface area contributed by atoms with Gasteiger partial charge in [0.25, 0.3) is 0 Å². The number of fused-ring (bicyclic) bond motifs is 1. The molecule has 0 aliphatic carbocycles. The van der Waals surface area contributed by atoms with Crippen LogP contribution in [0.2, 0.25) is 0 Å². The summed E-state index contributed by atoms with van der Waals surface area (Å²) in [6, 6.07) is 15.1. The molecule has 0 spiro atoms. The molecule has 2 aromatic rings. The summed E-state index contributed by atoms with van der Waals surface area (Å²) in [5, 5.41) is 0. The zero-order valence-corrected chi connectivity index (χ0v) is 12.5. The van der Waals surface area contributed by atoms with Gasteiger partial charge in [-0.3, -0.25) is 0 Å². The monoisotopic (exact) mass is 302 g/mol. The third kappa shape index (κ3) is 2.94. The molecule has 2 aromatic carbocycles. The Morgan fingerprint density at radius 1 is 1.00 bits per heavy atom. The Morgan fingerprint density at radius 2 is 1.67 bits per heavy atom. The second kappa shape index (κ2) is 5.50. The van der Waals surface area contributed by atoms with Gasteiger partial charge in [0.2, 0.25) is 10.0 Å². The summed E-state index contributed by atoms with van der Waals surface area (Å²) in [6.45, 7) is 0.983. The van der Waals surface area contributed by atoms with Gasteiger partial charge in [-0.25, -0.2) is 8.42 Å². The average molecular weight is 302 g/mol. The number of hydrogen-bond donors (Lipinski definition) is 1. The maximum atomic E-state index is 12.6. The van der Waals surface area contributed by atoms with Gasteiger partial charge in [0.1, 0.15) is 0 Å². The van der Waals surface area contributed by atoms with Crippen LogP contribution in [0.15, 0.2) is 48.5 Å². The van der Waals surface area contributed by atoms with Gasteiger partial charge < -0.3 is 5.73 Å². The van der Waals surface area contributed by atoms with Crippen molar-refractivity contribution in [2.45, 2.75) is 18.7 Å². The molecule has 110 valence electrons. The highest BCUT2D eigenvalue weighted by molar-refractivity contribution is 7.88. The number of benzene rings is 2. The fourth-order valence-corrected chi connectivity index (χ4v) is 4.20. The van der Waals surface area contributed by atoms with Crippen molar-refractivity contribution in [2.24, 2.45) is 0 Å². The number of nitrogens with two attached hydrogens (primary N) is 1. The maximum absolute atomic E-state index is 12.6. The minimum absolute atomic E-state index is 0.0398. The molecule has 2 N–H and O–H groups in total. The summed E-state index contributed by atoms with van der Waals surface area (Å²) in [4.78, 5) is 0. The van der Waals surface area contributed by atoms with Gasteiger partial charge >= 0.3 is 0 Å². The van der Waals surface area contributed by atoms with Crippen molar-refractivity contribution >= 4 is 15.7 Å².